The lowest BCUT2D eigenvalue weighted by molar-refractivity contribution is -0.105. The van der Waals surface area contributed by atoms with Crippen LogP contribution in [-0.4, -0.2) is 67.0 Å². The molecule has 37 heavy (non-hydrogen) atoms. The minimum Gasteiger partial charge on any atom is -0.364 e. The van der Waals surface area contributed by atoms with Crippen molar-refractivity contribution in [3.05, 3.63) is 66.4 Å². The van der Waals surface area contributed by atoms with Crippen LogP contribution in [0.2, 0.25) is 0 Å². The summed E-state index contributed by atoms with van der Waals surface area (Å²) in [5, 5.41) is 16.2. The van der Waals surface area contributed by atoms with Crippen LogP contribution in [0.4, 0.5) is 16.0 Å². The first-order chi connectivity index (χ1) is 18.1. The highest BCUT2D eigenvalue weighted by molar-refractivity contribution is 5.88. The molecule has 5 aromatic rings. The van der Waals surface area contributed by atoms with Gasteiger partial charge in [-0.25, -0.2) is 13.9 Å². The molecule has 1 N–H and O–H groups in total. The van der Waals surface area contributed by atoms with E-state index in [1.165, 1.54) is 12.1 Å². The first kappa shape index (κ1) is 22.9. The van der Waals surface area contributed by atoms with E-state index in [4.69, 9.17) is 14.7 Å². The van der Waals surface area contributed by atoms with E-state index in [2.05, 4.69) is 25.3 Å². The zero-order valence-electron chi connectivity index (χ0n) is 20.1. The zero-order chi connectivity index (χ0) is 25.4. The van der Waals surface area contributed by atoms with Crippen LogP contribution >= 0.6 is 0 Å². The molecule has 1 aliphatic rings. The highest BCUT2D eigenvalue weighted by atomic mass is 19.1. The number of rotatable bonds is 7. The molecule has 6 rings (SSSR count). The molecule has 188 valence electrons. The van der Waals surface area contributed by atoms with Gasteiger partial charge in [-0.2, -0.15) is 10.2 Å². The summed E-state index contributed by atoms with van der Waals surface area (Å²) in [6.07, 6.45) is 3.83. The second kappa shape index (κ2) is 9.47. The number of fused-ring (bicyclic) bond motifs is 1. The molecule has 12 heteroatoms. The smallest absolute Gasteiger partial charge is 0.212 e. The third-order valence-corrected chi connectivity index (χ3v) is 6.47. The highest BCUT2D eigenvalue weighted by Gasteiger charge is 2.28. The number of benzene rings is 1. The first-order valence-corrected chi connectivity index (χ1v) is 11.9. The van der Waals surface area contributed by atoms with Crippen LogP contribution in [-0.2, 0) is 18.4 Å². The summed E-state index contributed by atoms with van der Waals surface area (Å²) >= 11 is 0. The number of nitrogens with zero attached hydrogens (tertiary/aromatic N) is 8. The summed E-state index contributed by atoms with van der Waals surface area (Å²) in [5.41, 5.74) is 4.55. The van der Waals surface area contributed by atoms with Gasteiger partial charge in [-0.05, 0) is 36.4 Å². The average molecular weight is 502 g/mol. The molecule has 1 aromatic carbocycles. The van der Waals surface area contributed by atoms with E-state index in [0.29, 0.717) is 29.3 Å². The molecule has 0 saturated carbocycles. The zero-order valence-corrected chi connectivity index (χ0v) is 20.1. The maximum absolute atomic E-state index is 13.7. The standard InChI is InChI=1S/C25H24FN9O2/c1-32-25(34-11-9-33(10-12-34)14-19-8-13-37-31-19)23(24(30-32)17-2-4-18(26)5-3-17)20-6-7-22-28-21(27-16-36)15-35(22)29-20/h2-8,13,15-16H,9-12,14H2,1H3,(H,27,36). The lowest BCUT2D eigenvalue weighted by Crippen LogP contribution is -2.46. The van der Waals surface area contributed by atoms with E-state index >= 15 is 0 Å². The molecular formula is C25H24FN9O2. The van der Waals surface area contributed by atoms with Gasteiger partial charge >= 0.3 is 0 Å². The number of aromatic nitrogens is 6. The number of hydrogen-bond donors (Lipinski definition) is 1. The van der Waals surface area contributed by atoms with Crippen molar-refractivity contribution in [3.63, 3.8) is 0 Å². The Labute approximate surface area is 211 Å². The number of piperazine rings is 1. The lowest BCUT2D eigenvalue weighted by atomic mass is 10.0. The third kappa shape index (κ3) is 4.42. The fourth-order valence-corrected chi connectivity index (χ4v) is 4.73. The molecule has 1 amide bonds. The van der Waals surface area contributed by atoms with Crippen molar-refractivity contribution in [2.24, 2.45) is 7.05 Å². The fraction of sp³-hybridized carbons (Fsp3) is 0.240. The van der Waals surface area contributed by atoms with Gasteiger partial charge in [0.2, 0.25) is 6.41 Å². The molecule has 4 aromatic heterocycles. The van der Waals surface area contributed by atoms with Crippen molar-refractivity contribution in [1.82, 2.24) is 34.4 Å². The van der Waals surface area contributed by atoms with Crippen molar-refractivity contribution >= 4 is 23.7 Å². The predicted octanol–water partition coefficient (Wildman–Crippen LogP) is 2.81. The molecule has 5 heterocycles. The van der Waals surface area contributed by atoms with Gasteiger partial charge in [0, 0.05) is 51.4 Å². The van der Waals surface area contributed by atoms with E-state index < -0.39 is 0 Å². The van der Waals surface area contributed by atoms with E-state index in [9.17, 15) is 9.18 Å². The van der Waals surface area contributed by atoms with Gasteiger partial charge < -0.3 is 14.7 Å². The van der Waals surface area contributed by atoms with E-state index in [-0.39, 0.29) is 5.82 Å². The molecule has 1 fully saturated rings. The molecular weight excluding hydrogens is 477 g/mol. The van der Waals surface area contributed by atoms with Crippen LogP contribution in [0.3, 0.4) is 0 Å². The molecule has 0 aliphatic carbocycles. The Balaban J connectivity index is 1.39. The maximum Gasteiger partial charge on any atom is 0.212 e. The summed E-state index contributed by atoms with van der Waals surface area (Å²) in [7, 11) is 1.91. The number of nitrogens with one attached hydrogen (secondary N) is 1. The second-order valence-electron chi connectivity index (χ2n) is 8.84. The molecule has 1 aliphatic heterocycles. The topological polar surface area (TPSA) is 110 Å². The lowest BCUT2D eigenvalue weighted by Gasteiger charge is -2.36. The molecule has 0 radical (unpaired) electrons. The number of aryl methyl sites for hydroxylation is 1. The van der Waals surface area contributed by atoms with Gasteiger partial charge in [0.1, 0.15) is 23.6 Å². The van der Waals surface area contributed by atoms with Crippen LogP contribution in [0, 0.1) is 5.82 Å². The van der Waals surface area contributed by atoms with Gasteiger partial charge in [-0.1, -0.05) is 5.16 Å². The van der Waals surface area contributed by atoms with Gasteiger partial charge in [0.15, 0.2) is 11.5 Å². The van der Waals surface area contributed by atoms with E-state index in [1.807, 2.05) is 29.9 Å². The van der Waals surface area contributed by atoms with Crippen LogP contribution in [0.15, 0.2) is 59.4 Å². The quantitative estimate of drug-likeness (QED) is 0.339. The van der Waals surface area contributed by atoms with Gasteiger partial charge in [0.05, 0.1) is 23.1 Å². The minimum atomic E-state index is -0.308. The number of carbonyl (C=O) groups excluding carboxylic acids is 1. The first-order valence-electron chi connectivity index (χ1n) is 11.9. The number of imidazole rings is 1. The Bertz CT molecular complexity index is 1530. The average Bonchev–Trinajstić information content (AvgIpc) is 3.63. The number of anilines is 2. The van der Waals surface area contributed by atoms with Gasteiger partial charge in [-0.3, -0.25) is 14.4 Å². The van der Waals surface area contributed by atoms with Crippen molar-refractivity contribution in [2.75, 3.05) is 36.4 Å². The van der Waals surface area contributed by atoms with Crippen LogP contribution in [0.5, 0.6) is 0 Å². The summed E-state index contributed by atoms with van der Waals surface area (Å²) < 4.78 is 22.2. The van der Waals surface area contributed by atoms with Crippen LogP contribution < -0.4 is 10.2 Å². The molecule has 0 bridgehead atoms. The molecule has 1 saturated heterocycles. The SMILES string of the molecule is Cn1nc(-c2ccc(F)cc2)c(-c2ccc3nc(NC=O)cn3n2)c1N1CCN(Cc2ccon2)CC1. The molecule has 0 spiro atoms. The normalized spacial score (nSPS) is 14.4. The van der Waals surface area contributed by atoms with Crippen LogP contribution in [0.1, 0.15) is 5.69 Å². The molecule has 11 nitrogen and oxygen atoms in total. The second-order valence-corrected chi connectivity index (χ2v) is 8.84. The van der Waals surface area contributed by atoms with Gasteiger partial charge in [0.25, 0.3) is 0 Å². The van der Waals surface area contributed by atoms with Crippen molar-refractivity contribution in [3.8, 4) is 22.5 Å². The molecule has 0 unspecified atom stereocenters. The Morgan fingerprint density at radius 3 is 2.59 bits per heavy atom. The number of carbonyl (C=O) groups is 1. The van der Waals surface area contributed by atoms with E-state index in [0.717, 1.165) is 55.4 Å². The molecule has 0 atom stereocenters. The predicted molar refractivity (Wildman–Crippen MR) is 134 cm³/mol. The Morgan fingerprint density at radius 2 is 1.86 bits per heavy atom. The van der Waals surface area contributed by atoms with Crippen molar-refractivity contribution in [1.29, 1.82) is 0 Å². The van der Waals surface area contributed by atoms with Crippen molar-refractivity contribution in [2.45, 2.75) is 6.54 Å². The number of halogens is 1. The summed E-state index contributed by atoms with van der Waals surface area (Å²) in [6.45, 7) is 4.00. The largest absolute Gasteiger partial charge is 0.364 e. The summed E-state index contributed by atoms with van der Waals surface area (Å²) in [5.74, 6) is 1.03. The Hall–Kier alpha value is -4.58. The van der Waals surface area contributed by atoms with Gasteiger partial charge in [-0.15, -0.1) is 0 Å². The maximum atomic E-state index is 13.7. The summed E-state index contributed by atoms with van der Waals surface area (Å²) in [6, 6.07) is 11.9. The fourth-order valence-electron chi connectivity index (χ4n) is 4.73. The number of hydrogen-bond acceptors (Lipinski definition) is 8. The highest BCUT2D eigenvalue weighted by Crippen LogP contribution is 2.39. The Kier molecular flexibility index (Phi) is 5.85. The van der Waals surface area contributed by atoms with Crippen LogP contribution in [0.25, 0.3) is 28.2 Å². The van der Waals surface area contributed by atoms with Crippen molar-refractivity contribution < 1.29 is 13.7 Å². The minimum absolute atomic E-state index is 0.308. The Morgan fingerprint density at radius 1 is 1.05 bits per heavy atom. The number of amides is 1. The summed E-state index contributed by atoms with van der Waals surface area (Å²) in [4.78, 5) is 19.9. The third-order valence-electron chi connectivity index (χ3n) is 6.47. The van der Waals surface area contributed by atoms with E-state index in [1.54, 1.807) is 29.1 Å². The monoisotopic (exact) mass is 501 g/mol.